The maximum Gasteiger partial charge on any atom is 0.452 e. The van der Waals surface area contributed by atoms with E-state index in [2.05, 4.69) is 9.36 Å². The predicted octanol–water partition coefficient (Wildman–Crippen LogP) is 2.64. The number of alkyl halides is 3. The summed E-state index contributed by atoms with van der Waals surface area (Å²) >= 11 is 0.445. The van der Waals surface area contributed by atoms with Crippen molar-refractivity contribution in [1.82, 2.24) is 9.36 Å². The number of hydrogen-bond donors (Lipinski definition) is 2. The number of halogens is 3. The molecule has 9 heteroatoms. The highest BCUT2D eigenvalue weighted by atomic mass is 32.1. The lowest BCUT2D eigenvalue weighted by Gasteiger charge is -2.05. The molecule has 1 aromatic heterocycles. The van der Waals surface area contributed by atoms with Crippen molar-refractivity contribution in [2.45, 2.75) is 6.18 Å². The number of rotatable bonds is 2. The van der Waals surface area contributed by atoms with Gasteiger partial charge in [-0.2, -0.15) is 22.5 Å². The number of nitrogens with zero attached hydrogens (tertiary/aromatic N) is 2. The Labute approximate surface area is 103 Å². The van der Waals surface area contributed by atoms with E-state index < -0.39 is 12.0 Å². The van der Waals surface area contributed by atoms with Crippen LogP contribution in [-0.4, -0.2) is 14.5 Å². The van der Waals surface area contributed by atoms with Gasteiger partial charge in [0.05, 0.1) is 0 Å². The highest BCUT2D eigenvalue weighted by Crippen LogP contribution is 2.36. The van der Waals surface area contributed by atoms with Crippen LogP contribution in [0.1, 0.15) is 5.82 Å². The number of benzene rings is 1. The number of nitrogen functional groups attached to an aromatic ring is 1. The Hall–Kier alpha value is -2.03. The monoisotopic (exact) mass is 277 g/mol. The van der Waals surface area contributed by atoms with Crippen molar-refractivity contribution < 1.29 is 23.0 Å². The molecule has 1 heterocycles. The third kappa shape index (κ3) is 2.45. The van der Waals surface area contributed by atoms with Gasteiger partial charge in [-0.1, -0.05) is 6.07 Å². The van der Waals surface area contributed by atoms with Crippen molar-refractivity contribution >= 4 is 17.2 Å². The first kappa shape index (κ1) is 12.4. The van der Waals surface area contributed by atoms with Gasteiger partial charge in [0.2, 0.25) is 0 Å². The maximum atomic E-state index is 12.2. The molecule has 0 bridgehead atoms. The standard InChI is InChI=1S/C9H6F3N3O2S/c10-9(11,12)7-14-8(18-15-7)17-5-3-1-2-4(16)6(5)13/h1-3,16H,13H2. The topological polar surface area (TPSA) is 81.3 Å². The fourth-order valence-electron chi connectivity index (χ4n) is 1.08. The zero-order valence-corrected chi connectivity index (χ0v) is 9.42. The van der Waals surface area contributed by atoms with Crippen LogP contribution in [0, 0.1) is 0 Å². The minimum atomic E-state index is -4.62. The van der Waals surface area contributed by atoms with Gasteiger partial charge in [0, 0.05) is 11.5 Å². The van der Waals surface area contributed by atoms with Crippen LogP contribution in [0.5, 0.6) is 16.7 Å². The van der Waals surface area contributed by atoms with Crippen molar-refractivity contribution in [3.63, 3.8) is 0 Å². The zero-order chi connectivity index (χ0) is 13.3. The van der Waals surface area contributed by atoms with Crippen molar-refractivity contribution in [3.05, 3.63) is 24.0 Å². The Bertz CT molecular complexity index is 570. The fourth-order valence-corrected chi connectivity index (χ4v) is 1.64. The summed E-state index contributed by atoms with van der Waals surface area (Å²) in [4.78, 5) is 3.17. The largest absolute Gasteiger partial charge is 0.506 e. The van der Waals surface area contributed by atoms with Gasteiger partial charge >= 0.3 is 6.18 Å². The summed E-state index contributed by atoms with van der Waals surface area (Å²) < 4.78 is 44.9. The van der Waals surface area contributed by atoms with E-state index in [4.69, 9.17) is 10.5 Å². The van der Waals surface area contributed by atoms with Crippen LogP contribution in [0.2, 0.25) is 0 Å². The summed E-state index contributed by atoms with van der Waals surface area (Å²) in [6.07, 6.45) is -4.62. The molecule has 2 rings (SSSR count). The molecule has 2 aromatic rings. The first-order valence-corrected chi connectivity index (χ1v) is 5.31. The summed E-state index contributed by atoms with van der Waals surface area (Å²) in [7, 11) is 0. The third-order valence-electron chi connectivity index (χ3n) is 1.90. The van der Waals surface area contributed by atoms with Crippen molar-refractivity contribution in [2.75, 3.05) is 5.73 Å². The van der Waals surface area contributed by atoms with E-state index in [9.17, 15) is 18.3 Å². The number of ether oxygens (including phenoxy) is 1. The summed E-state index contributed by atoms with van der Waals surface area (Å²) in [6.45, 7) is 0. The second-order valence-corrected chi connectivity index (χ2v) is 3.89. The number of para-hydroxylation sites is 1. The zero-order valence-electron chi connectivity index (χ0n) is 8.60. The number of aromatic nitrogens is 2. The van der Waals surface area contributed by atoms with Gasteiger partial charge in [-0.15, -0.1) is 0 Å². The molecule has 0 radical (unpaired) electrons. The van der Waals surface area contributed by atoms with E-state index >= 15 is 0 Å². The molecule has 96 valence electrons. The van der Waals surface area contributed by atoms with Gasteiger partial charge in [-0.05, 0) is 12.1 Å². The fraction of sp³-hybridized carbons (Fsp3) is 0.111. The van der Waals surface area contributed by atoms with Crippen LogP contribution in [0.3, 0.4) is 0 Å². The molecule has 1 aromatic carbocycles. The average Bonchev–Trinajstić information content (AvgIpc) is 2.73. The first-order valence-electron chi connectivity index (χ1n) is 4.54. The summed E-state index contributed by atoms with van der Waals surface area (Å²) in [5.41, 5.74) is 5.40. The molecule has 0 saturated heterocycles. The highest BCUT2D eigenvalue weighted by Gasteiger charge is 2.36. The van der Waals surface area contributed by atoms with Gasteiger partial charge < -0.3 is 15.6 Å². The Morgan fingerprint density at radius 2 is 2.06 bits per heavy atom. The molecule has 0 saturated carbocycles. The number of phenolic OH excluding ortho intramolecular Hbond substituents is 1. The average molecular weight is 277 g/mol. The van der Waals surface area contributed by atoms with Crippen LogP contribution in [0.15, 0.2) is 18.2 Å². The lowest BCUT2D eigenvalue weighted by molar-refractivity contribution is -0.144. The van der Waals surface area contributed by atoms with E-state index in [1.165, 1.54) is 18.2 Å². The van der Waals surface area contributed by atoms with Gasteiger partial charge in [-0.25, -0.2) is 0 Å². The second-order valence-electron chi connectivity index (χ2n) is 3.17. The molecule has 0 amide bonds. The summed E-state index contributed by atoms with van der Waals surface area (Å²) in [6, 6.07) is 4.15. The normalized spacial score (nSPS) is 11.5. The van der Waals surface area contributed by atoms with E-state index in [0.29, 0.717) is 11.5 Å². The van der Waals surface area contributed by atoms with Crippen LogP contribution in [-0.2, 0) is 6.18 Å². The van der Waals surface area contributed by atoms with Crippen LogP contribution >= 0.6 is 11.5 Å². The molecule has 0 fully saturated rings. The minimum absolute atomic E-state index is 0.0138. The number of aromatic hydroxyl groups is 1. The van der Waals surface area contributed by atoms with E-state index in [1.54, 1.807) is 0 Å². The molecular formula is C9H6F3N3O2S. The summed E-state index contributed by atoms with van der Waals surface area (Å²) in [5.74, 6) is -1.49. The highest BCUT2D eigenvalue weighted by molar-refractivity contribution is 7.07. The molecule has 3 N–H and O–H groups in total. The first-order chi connectivity index (χ1) is 8.38. The number of nitrogens with two attached hydrogens (primary N) is 1. The quantitative estimate of drug-likeness (QED) is 0.651. The van der Waals surface area contributed by atoms with Crippen LogP contribution in [0.25, 0.3) is 0 Å². The van der Waals surface area contributed by atoms with Crippen molar-refractivity contribution in [2.24, 2.45) is 0 Å². The Balaban J connectivity index is 2.24. The Kier molecular flexibility index (Phi) is 2.99. The summed E-state index contributed by atoms with van der Waals surface area (Å²) in [5, 5.41) is 8.99. The Morgan fingerprint density at radius 1 is 1.33 bits per heavy atom. The molecule has 5 nitrogen and oxygen atoms in total. The van der Waals surface area contributed by atoms with Gasteiger partial charge in [0.15, 0.2) is 5.75 Å². The smallest absolute Gasteiger partial charge is 0.452 e. The molecule has 0 atom stereocenters. The van der Waals surface area contributed by atoms with E-state index in [0.717, 1.165) is 0 Å². The van der Waals surface area contributed by atoms with Gasteiger partial charge in [0.1, 0.15) is 11.4 Å². The molecule has 0 spiro atoms. The lowest BCUT2D eigenvalue weighted by atomic mass is 10.3. The van der Waals surface area contributed by atoms with Crippen LogP contribution < -0.4 is 10.5 Å². The third-order valence-corrected chi connectivity index (χ3v) is 2.50. The molecule has 0 aliphatic heterocycles. The second kappa shape index (κ2) is 4.33. The number of phenols is 1. The molecule has 18 heavy (non-hydrogen) atoms. The molecule has 0 aliphatic rings. The Morgan fingerprint density at radius 3 is 2.67 bits per heavy atom. The molecule has 0 aliphatic carbocycles. The minimum Gasteiger partial charge on any atom is -0.506 e. The maximum absolute atomic E-state index is 12.2. The van der Waals surface area contributed by atoms with Crippen LogP contribution in [0.4, 0.5) is 18.9 Å². The lowest BCUT2D eigenvalue weighted by Crippen LogP contribution is -2.06. The SMILES string of the molecule is Nc1c(O)cccc1Oc1nc(C(F)(F)F)ns1. The number of anilines is 1. The number of hydrogen-bond acceptors (Lipinski definition) is 6. The van der Waals surface area contributed by atoms with Gasteiger partial charge in [0.25, 0.3) is 11.0 Å². The van der Waals surface area contributed by atoms with Crippen molar-refractivity contribution in [3.8, 4) is 16.7 Å². The van der Waals surface area contributed by atoms with E-state index in [-0.39, 0.29) is 22.4 Å². The van der Waals surface area contributed by atoms with Crippen molar-refractivity contribution in [1.29, 1.82) is 0 Å². The van der Waals surface area contributed by atoms with Gasteiger partial charge in [-0.3, -0.25) is 0 Å². The van der Waals surface area contributed by atoms with E-state index in [1.807, 2.05) is 0 Å². The molecule has 0 unspecified atom stereocenters. The molecular weight excluding hydrogens is 271 g/mol. The predicted molar refractivity (Wildman–Crippen MR) is 57.5 cm³/mol.